The molecule has 0 aliphatic rings. The Morgan fingerprint density at radius 3 is 2.47 bits per heavy atom. The molecular formula is C16H18BrNO. The minimum Gasteiger partial charge on any atom is -0.497 e. The minimum absolute atomic E-state index is 0.811. The van der Waals surface area contributed by atoms with Gasteiger partial charge in [-0.3, -0.25) is 0 Å². The molecule has 0 unspecified atom stereocenters. The summed E-state index contributed by atoms with van der Waals surface area (Å²) in [5, 5.41) is 3.44. The average Bonchev–Trinajstić information content (AvgIpc) is 2.43. The lowest BCUT2D eigenvalue weighted by Crippen LogP contribution is -2.13. The van der Waals surface area contributed by atoms with Crippen LogP contribution in [-0.2, 0) is 13.1 Å². The Bertz CT molecular complexity index is 537. The Kier molecular flexibility index (Phi) is 5.00. The fourth-order valence-corrected chi connectivity index (χ4v) is 2.25. The maximum absolute atomic E-state index is 5.24. The van der Waals surface area contributed by atoms with Crippen LogP contribution in [0.15, 0.2) is 46.9 Å². The number of nitrogens with one attached hydrogen (secondary N) is 1. The van der Waals surface area contributed by atoms with Gasteiger partial charge in [-0.15, -0.1) is 0 Å². The highest BCUT2D eigenvalue weighted by Crippen LogP contribution is 2.22. The third-order valence-electron chi connectivity index (χ3n) is 3.02. The molecular weight excluding hydrogens is 302 g/mol. The molecule has 0 saturated heterocycles. The van der Waals surface area contributed by atoms with E-state index in [0.29, 0.717) is 0 Å². The molecule has 0 atom stereocenters. The topological polar surface area (TPSA) is 21.3 Å². The second-order valence-corrected chi connectivity index (χ2v) is 5.40. The average molecular weight is 320 g/mol. The van der Waals surface area contributed by atoms with Crippen molar-refractivity contribution in [3.63, 3.8) is 0 Å². The fourth-order valence-electron chi connectivity index (χ4n) is 1.86. The van der Waals surface area contributed by atoms with Crippen LogP contribution < -0.4 is 10.1 Å². The molecule has 0 saturated carbocycles. The van der Waals surface area contributed by atoms with Gasteiger partial charge in [0, 0.05) is 17.6 Å². The quantitative estimate of drug-likeness (QED) is 0.897. The van der Waals surface area contributed by atoms with E-state index in [-0.39, 0.29) is 0 Å². The normalized spacial score (nSPS) is 10.5. The number of halogens is 1. The Morgan fingerprint density at radius 2 is 1.79 bits per heavy atom. The second kappa shape index (κ2) is 6.73. The number of aryl methyl sites for hydroxylation is 1. The molecule has 0 heterocycles. The summed E-state index contributed by atoms with van der Waals surface area (Å²) < 4.78 is 6.34. The van der Waals surface area contributed by atoms with Crippen LogP contribution in [-0.4, -0.2) is 7.11 Å². The molecule has 0 bridgehead atoms. The molecule has 100 valence electrons. The van der Waals surface area contributed by atoms with Crippen molar-refractivity contribution >= 4 is 15.9 Å². The molecule has 2 nitrogen and oxygen atoms in total. The zero-order chi connectivity index (χ0) is 13.7. The predicted molar refractivity (Wildman–Crippen MR) is 82.4 cm³/mol. The van der Waals surface area contributed by atoms with Crippen molar-refractivity contribution in [2.75, 3.05) is 7.11 Å². The first kappa shape index (κ1) is 14.1. The standard InChI is InChI=1S/C16H18BrNO/c1-12-3-5-13(6-4-12)10-18-11-14-9-15(19-2)7-8-16(14)17/h3-9,18H,10-11H2,1-2H3. The van der Waals surface area contributed by atoms with Crippen molar-refractivity contribution in [3.05, 3.63) is 63.6 Å². The van der Waals surface area contributed by atoms with Gasteiger partial charge in [-0.2, -0.15) is 0 Å². The molecule has 19 heavy (non-hydrogen) atoms. The van der Waals surface area contributed by atoms with Crippen molar-refractivity contribution in [1.29, 1.82) is 0 Å². The van der Waals surface area contributed by atoms with E-state index in [0.717, 1.165) is 23.3 Å². The molecule has 0 fully saturated rings. The Labute approximate surface area is 122 Å². The molecule has 2 aromatic rings. The van der Waals surface area contributed by atoms with Gasteiger partial charge >= 0.3 is 0 Å². The van der Waals surface area contributed by atoms with Gasteiger partial charge in [0.2, 0.25) is 0 Å². The summed E-state index contributed by atoms with van der Waals surface area (Å²) in [6, 6.07) is 14.6. The largest absolute Gasteiger partial charge is 0.497 e. The van der Waals surface area contributed by atoms with E-state index in [9.17, 15) is 0 Å². The Balaban J connectivity index is 1.93. The predicted octanol–water partition coefficient (Wildman–Crippen LogP) is 4.06. The highest BCUT2D eigenvalue weighted by Gasteiger charge is 2.02. The highest BCUT2D eigenvalue weighted by atomic mass is 79.9. The lowest BCUT2D eigenvalue weighted by atomic mass is 10.1. The van der Waals surface area contributed by atoms with Crippen molar-refractivity contribution in [2.24, 2.45) is 0 Å². The summed E-state index contributed by atoms with van der Waals surface area (Å²) in [4.78, 5) is 0. The maximum Gasteiger partial charge on any atom is 0.119 e. The van der Waals surface area contributed by atoms with Crippen LogP contribution >= 0.6 is 15.9 Å². The van der Waals surface area contributed by atoms with E-state index in [1.54, 1.807) is 7.11 Å². The number of benzene rings is 2. The molecule has 2 rings (SSSR count). The van der Waals surface area contributed by atoms with Crippen molar-refractivity contribution in [3.8, 4) is 5.75 Å². The molecule has 0 aromatic heterocycles. The van der Waals surface area contributed by atoms with Crippen molar-refractivity contribution in [1.82, 2.24) is 5.32 Å². The maximum atomic E-state index is 5.24. The van der Waals surface area contributed by atoms with Crippen molar-refractivity contribution < 1.29 is 4.74 Å². The summed E-state index contributed by atoms with van der Waals surface area (Å²) in [6.07, 6.45) is 0. The number of methoxy groups -OCH3 is 1. The summed E-state index contributed by atoms with van der Waals surface area (Å²) in [7, 11) is 1.69. The van der Waals surface area contributed by atoms with Crippen LogP contribution in [0.3, 0.4) is 0 Å². The molecule has 0 aliphatic heterocycles. The lowest BCUT2D eigenvalue weighted by molar-refractivity contribution is 0.414. The van der Waals surface area contributed by atoms with Gasteiger partial charge in [-0.1, -0.05) is 45.8 Å². The van der Waals surface area contributed by atoms with Crippen LogP contribution in [0.2, 0.25) is 0 Å². The molecule has 1 N–H and O–H groups in total. The van der Waals surface area contributed by atoms with Gasteiger partial charge in [-0.25, -0.2) is 0 Å². The monoisotopic (exact) mass is 319 g/mol. The van der Waals surface area contributed by atoms with Crippen LogP contribution in [0, 0.1) is 6.92 Å². The van der Waals surface area contributed by atoms with Crippen LogP contribution in [0.1, 0.15) is 16.7 Å². The van der Waals surface area contributed by atoms with E-state index in [2.05, 4.69) is 52.4 Å². The molecule has 0 aliphatic carbocycles. The molecule has 2 aromatic carbocycles. The van der Waals surface area contributed by atoms with E-state index < -0.39 is 0 Å². The van der Waals surface area contributed by atoms with Gasteiger partial charge in [-0.05, 0) is 36.2 Å². The second-order valence-electron chi connectivity index (χ2n) is 4.55. The summed E-state index contributed by atoms with van der Waals surface area (Å²) >= 11 is 3.56. The summed E-state index contributed by atoms with van der Waals surface area (Å²) in [5.41, 5.74) is 3.79. The van der Waals surface area contributed by atoms with Crippen LogP contribution in [0.4, 0.5) is 0 Å². The van der Waals surface area contributed by atoms with E-state index in [1.165, 1.54) is 16.7 Å². The van der Waals surface area contributed by atoms with Crippen LogP contribution in [0.5, 0.6) is 5.75 Å². The zero-order valence-electron chi connectivity index (χ0n) is 11.2. The smallest absolute Gasteiger partial charge is 0.119 e. The first-order valence-electron chi connectivity index (χ1n) is 6.27. The number of hydrogen-bond acceptors (Lipinski definition) is 2. The first-order chi connectivity index (χ1) is 9.19. The first-order valence-corrected chi connectivity index (χ1v) is 7.07. The minimum atomic E-state index is 0.811. The highest BCUT2D eigenvalue weighted by molar-refractivity contribution is 9.10. The summed E-state index contributed by atoms with van der Waals surface area (Å²) in [5.74, 6) is 0.885. The van der Waals surface area contributed by atoms with E-state index in [4.69, 9.17) is 4.74 Å². The van der Waals surface area contributed by atoms with E-state index >= 15 is 0 Å². The van der Waals surface area contributed by atoms with Crippen molar-refractivity contribution in [2.45, 2.75) is 20.0 Å². The van der Waals surface area contributed by atoms with Gasteiger partial charge in [0.25, 0.3) is 0 Å². The summed E-state index contributed by atoms with van der Waals surface area (Å²) in [6.45, 7) is 3.78. The molecule has 0 amide bonds. The van der Waals surface area contributed by atoms with Gasteiger partial charge in [0.05, 0.1) is 7.11 Å². The Morgan fingerprint density at radius 1 is 1.05 bits per heavy atom. The van der Waals surface area contributed by atoms with Gasteiger partial charge in [0.15, 0.2) is 0 Å². The van der Waals surface area contributed by atoms with Gasteiger partial charge in [0.1, 0.15) is 5.75 Å². The van der Waals surface area contributed by atoms with E-state index in [1.807, 2.05) is 18.2 Å². The Hall–Kier alpha value is -1.32. The molecule has 3 heteroatoms. The lowest BCUT2D eigenvalue weighted by Gasteiger charge is -2.09. The zero-order valence-corrected chi connectivity index (χ0v) is 12.8. The third kappa shape index (κ3) is 4.08. The SMILES string of the molecule is COc1ccc(Br)c(CNCc2ccc(C)cc2)c1. The number of hydrogen-bond donors (Lipinski definition) is 1. The number of rotatable bonds is 5. The molecule has 0 radical (unpaired) electrons. The third-order valence-corrected chi connectivity index (χ3v) is 3.79. The van der Waals surface area contributed by atoms with Gasteiger partial charge < -0.3 is 10.1 Å². The fraction of sp³-hybridized carbons (Fsp3) is 0.250. The molecule has 0 spiro atoms. The van der Waals surface area contributed by atoms with Crippen LogP contribution in [0.25, 0.3) is 0 Å². The number of ether oxygens (including phenoxy) is 1.